The Labute approximate surface area is 138 Å². The molecule has 0 aliphatic rings. The van der Waals surface area contributed by atoms with E-state index >= 15 is 0 Å². The van der Waals surface area contributed by atoms with E-state index in [1.807, 2.05) is 0 Å². The number of pyridine rings is 1. The zero-order valence-electron chi connectivity index (χ0n) is 12.4. The highest BCUT2D eigenvalue weighted by Crippen LogP contribution is 2.36. The first-order chi connectivity index (χ1) is 11.8. The minimum Gasteiger partial charge on any atom is -0.478 e. The summed E-state index contributed by atoms with van der Waals surface area (Å²) < 4.78 is 52.6. The fraction of sp³-hybridized carbons (Fsp3) is 0.0588. The number of benzene rings is 2. The number of hydrogen-bond donors (Lipinski definition) is 2. The molecule has 0 aliphatic carbocycles. The van der Waals surface area contributed by atoms with Crippen LogP contribution in [0.25, 0.3) is 10.9 Å². The zero-order valence-corrected chi connectivity index (χ0v) is 12.4. The number of rotatable bonds is 3. The third-order valence-corrected chi connectivity index (χ3v) is 3.56. The lowest BCUT2D eigenvalue weighted by Crippen LogP contribution is -2.07. The van der Waals surface area contributed by atoms with Crippen molar-refractivity contribution in [3.63, 3.8) is 0 Å². The van der Waals surface area contributed by atoms with Gasteiger partial charge < -0.3 is 10.4 Å². The molecule has 25 heavy (non-hydrogen) atoms. The summed E-state index contributed by atoms with van der Waals surface area (Å²) in [5.41, 5.74) is -1.22. The second-order valence-corrected chi connectivity index (χ2v) is 5.18. The van der Waals surface area contributed by atoms with Crippen molar-refractivity contribution in [2.75, 3.05) is 5.32 Å². The van der Waals surface area contributed by atoms with Crippen LogP contribution in [0.2, 0.25) is 0 Å². The van der Waals surface area contributed by atoms with Crippen molar-refractivity contribution in [3.8, 4) is 0 Å². The maximum absolute atomic E-state index is 13.3. The molecule has 0 saturated carbocycles. The molecule has 0 unspecified atom stereocenters. The summed E-state index contributed by atoms with van der Waals surface area (Å²) in [4.78, 5) is 15.0. The van der Waals surface area contributed by atoms with Gasteiger partial charge in [0.2, 0.25) is 0 Å². The van der Waals surface area contributed by atoms with Gasteiger partial charge in [-0.15, -0.1) is 0 Å². The first-order valence-electron chi connectivity index (χ1n) is 7.02. The Bertz CT molecular complexity index is 971. The number of carbonyl (C=O) groups is 1. The molecule has 0 aliphatic heterocycles. The van der Waals surface area contributed by atoms with Gasteiger partial charge in [-0.1, -0.05) is 12.1 Å². The van der Waals surface area contributed by atoms with Crippen LogP contribution in [0.5, 0.6) is 0 Å². The van der Waals surface area contributed by atoms with Crippen LogP contribution in [0.1, 0.15) is 15.9 Å². The molecule has 2 N–H and O–H groups in total. The number of alkyl halides is 3. The highest BCUT2D eigenvalue weighted by atomic mass is 19.4. The molecule has 128 valence electrons. The molecule has 0 fully saturated rings. The van der Waals surface area contributed by atoms with Crippen LogP contribution in [0, 0.1) is 5.82 Å². The fourth-order valence-corrected chi connectivity index (χ4v) is 2.46. The second-order valence-electron chi connectivity index (χ2n) is 5.18. The first kappa shape index (κ1) is 16.7. The number of aromatic carboxylic acids is 1. The molecule has 8 heteroatoms. The molecule has 2 aromatic carbocycles. The lowest BCUT2D eigenvalue weighted by molar-refractivity contribution is -0.136. The number of nitrogens with one attached hydrogen (secondary N) is 1. The van der Waals surface area contributed by atoms with Crippen molar-refractivity contribution in [2.45, 2.75) is 6.18 Å². The van der Waals surface area contributed by atoms with E-state index in [2.05, 4.69) is 10.3 Å². The number of nitrogens with zero attached hydrogens (tertiary/aromatic N) is 1. The molecule has 1 heterocycles. The van der Waals surface area contributed by atoms with Gasteiger partial charge in [-0.2, -0.15) is 13.2 Å². The number of carboxylic acid groups (broad SMARTS) is 1. The highest BCUT2D eigenvalue weighted by molar-refractivity contribution is 5.99. The number of fused-ring (bicyclic) bond motifs is 1. The van der Waals surface area contributed by atoms with Crippen LogP contribution >= 0.6 is 0 Å². The van der Waals surface area contributed by atoms with E-state index in [-0.39, 0.29) is 27.8 Å². The molecule has 1 aromatic heterocycles. The average Bonchev–Trinajstić information content (AvgIpc) is 2.55. The summed E-state index contributed by atoms with van der Waals surface area (Å²) >= 11 is 0. The highest BCUT2D eigenvalue weighted by Gasteiger charge is 2.33. The Hall–Kier alpha value is -3.16. The molecule has 3 rings (SSSR count). The molecule has 0 bridgehead atoms. The molecule has 0 radical (unpaired) electrons. The van der Waals surface area contributed by atoms with Crippen LogP contribution in [0.3, 0.4) is 0 Å². The Morgan fingerprint density at radius 2 is 1.84 bits per heavy atom. The molecule has 4 nitrogen and oxygen atoms in total. The molecule has 0 amide bonds. The van der Waals surface area contributed by atoms with Gasteiger partial charge in [0.05, 0.1) is 22.3 Å². The minimum atomic E-state index is -4.58. The third kappa shape index (κ3) is 3.23. The summed E-state index contributed by atoms with van der Waals surface area (Å²) in [5, 5.41) is 12.1. The van der Waals surface area contributed by atoms with Gasteiger partial charge in [-0.25, -0.2) is 9.18 Å². The van der Waals surface area contributed by atoms with Gasteiger partial charge in [0.25, 0.3) is 0 Å². The fourth-order valence-electron chi connectivity index (χ4n) is 2.46. The lowest BCUT2D eigenvalue weighted by Gasteiger charge is -2.14. The number of hydrogen-bond acceptors (Lipinski definition) is 3. The molecular weight excluding hydrogens is 340 g/mol. The monoisotopic (exact) mass is 350 g/mol. The predicted octanol–water partition coefficient (Wildman–Crippen LogP) is 4.83. The number of carboxylic acids is 1. The van der Waals surface area contributed by atoms with Crippen LogP contribution in [0.15, 0.2) is 48.7 Å². The Balaban J connectivity index is 2.14. The summed E-state index contributed by atoms with van der Waals surface area (Å²) in [6, 6.07) is 8.09. The zero-order chi connectivity index (χ0) is 18.2. The van der Waals surface area contributed by atoms with E-state index in [9.17, 15) is 22.4 Å². The van der Waals surface area contributed by atoms with E-state index < -0.39 is 23.5 Å². The molecule has 0 atom stereocenters. The predicted molar refractivity (Wildman–Crippen MR) is 83.4 cm³/mol. The smallest absolute Gasteiger partial charge is 0.418 e. The summed E-state index contributed by atoms with van der Waals surface area (Å²) in [6.45, 7) is 0. The van der Waals surface area contributed by atoms with Crippen LogP contribution in [-0.2, 0) is 6.18 Å². The summed E-state index contributed by atoms with van der Waals surface area (Å²) in [5.74, 6) is -2.10. The molecule has 0 spiro atoms. The Morgan fingerprint density at radius 1 is 1.08 bits per heavy atom. The maximum Gasteiger partial charge on any atom is 0.418 e. The van der Waals surface area contributed by atoms with Crippen LogP contribution in [0.4, 0.5) is 28.9 Å². The van der Waals surface area contributed by atoms with Gasteiger partial charge >= 0.3 is 12.1 Å². The molecule has 3 aromatic rings. The van der Waals surface area contributed by atoms with Gasteiger partial charge in [-0.3, -0.25) is 4.98 Å². The Kier molecular flexibility index (Phi) is 4.03. The van der Waals surface area contributed by atoms with Crippen LogP contribution < -0.4 is 5.32 Å². The third-order valence-electron chi connectivity index (χ3n) is 3.56. The molecule has 0 saturated heterocycles. The van der Waals surface area contributed by atoms with Gasteiger partial charge in [0.1, 0.15) is 5.82 Å². The van der Waals surface area contributed by atoms with E-state index in [0.717, 1.165) is 18.2 Å². The topological polar surface area (TPSA) is 62.2 Å². The Morgan fingerprint density at radius 3 is 2.52 bits per heavy atom. The van der Waals surface area contributed by atoms with E-state index in [1.54, 1.807) is 0 Å². The number of para-hydroxylation sites is 1. The van der Waals surface area contributed by atoms with Crippen molar-refractivity contribution in [1.29, 1.82) is 0 Å². The summed E-state index contributed by atoms with van der Waals surface area (Å²) in [6.07, 6.45) is -3.39. The minimum absolute atomic E-state index is 0.0545. The van der Waals surface area contributed by atoms with E-state index in [4.69, 9.17) is 5.11 Å². The second kappa shape index (κ2) is 6.04. The summed E-state index contributed by atoms with van der Waals surface area (Å²) in [7, 11) is 0. The van der Waals surface area contributed by atoms with E-state index in [0.29, 0.717) is 0 Å². The number of halogens is 4. The number of aromatic nitrogens is 1. The van der Waals surface area contributed by atoms with Crippen LogP contribution in [-0.4, -0.2) is 16.1 Å². The van der Waals surface area contributed by atoms with E-state index in [1.165, 1.54) is 30.5 Å². The first-order valence-corrected chi connectivity index (χ1v) is 7.02. The molecular formula is C17H10F4N2O2. The van der Waals surface area contributed by atoms with Gasteiger partial charge in [0.15, 0.2) is 0 Å². The van der Waals surface area contributed by atoms with Gasteiger partial charge in [0, 0.05) is 17.3 Å². The van der Waals surface area contributed by atoms with Gasteiger partial charge in [-0.05, 0) is 30.3 Å². The van der Waals surface area contributed by atoms with Crippen molar-refractivity contribution in [1.82, 2.24) is 4.98 Å². The SMILES string of the molecule is O=C(O)c1cc(F)ccc1Nc1ccnc2c(C(F)(F)F)cccc12. The number of anilines is 2. The van der Waals surface area contributed by atoms with Crippen molar-refractivity contribution in [3.05, 3.63) is 65.6 Å². The lowest BCUT2D eigenvalue weighted by atomic mass is 10.1. The van der Waals surface area contributed by atoms with Crippen molar-refractivity contribution < 1.29 is 27.5 Å². The largest absolute Gasteiger partial charge is 0.478 e. The van der Waals surface area contributed by atoms with Crippen molar-refractivity contribution >= 4 is 28.2 Å². The van der Waals surface area contributed by atoms with Crippen molar-refractivity contribution in [2.24, 2.45) is 0 Å². The average molecular weight is 350 g/mol. The normalized spacial score (nSPS) is 11.5. The maximum atomic E-state index is 13.3. The standard InChI is InChI=1S/C17H10F4N2O2/c18-9-4-5-13(11(8-9)16(24)25)23-14-6-7-22-15-10(14)2-1-3-12(15)17(19,20)21/h1-8H,(H,22,23)(H,24,25). The quantitative estimate of drug-likeness (QED) is 0.664.